The fourth-order valence-electron chi connectivity index (χ4n) is 2.65. The Morgan fingerprint density at radius 1 is 0.882 bits per heavy atom. The second-order valence-corrected chi connectivity index (χ2v) is 4.51. The average Bonchev–Trinajstić information content (AvgIpc) is 2.41. The lowest BCUT2D eigenvalue weighted by atomic mass is 9.78. The second kappa shape index (κ2) is 4.17. The van der Waals surface area contributed by atoms with Gasteiger partial charge in [0.1, 0.15) is 0 Å². The molecule has 17 heavy (non-hydrogen) atoms. The van der Waals surface area contributed by atoms with Crippen LogP contribution in [0.5, 0.6) is 0 Å². The van der Waals surface area contributed by atoms with Gasteiger partial charge in [-0.3, -0.25) is 4.79 Å². The van der Waals surface area contributed by atoms with Gasteiger partial charge in [-0.25, -0.2) is 0 Å². The van der Waals surface area contributed by atoms with Gasteiger partial charge < -0.3 is 0 Å². The first-order valence-corrected chi connectivity index (χ1v) is 6.03. The Morgan fingerprint density at radius 3 is 2.41 bits per heavy atom. The Kier molecular flexibility index (Phi) is 2.52. The summed E-state index contributed by atoms with van der Waals surface area (Å²) in [6, 6.07) is 18.5. The molecule has 0 N–H and O–H groups in total. The highest BCUT2D eigenvalue weighted by atomic mass is 16.1. The van der Waals surface area contributed by atoms with Gasteiger partial charge in [0.25, 0.3) is 0 Å². The Morgan fingerprint density at radius 2 is 1.59 bits per heavy atom. The molecular formula is C16H14O. The molecule has 1 aliphatic rings. The number of hydrogen-bond acceptors (Lipinski definition) is 1. The molecule has 0 saturated heterocycles. The highest BCUT2D eigenvalue weighted by molar-refractivity contribution is 5.99. The van der Waals surface area contributed by atoms with E-state index in [9.17, 15) is 4.79 Å². The molecule has 0 fully saturated rings. The number of fused-ring (bicyclic) bond motifs is 1. The van der Waals surface area contributed by atoms with E-state index in [1.165, 1.54) is 11.1 Å². The van der Waals surface area contributed by atoms with Crippen LogP contribution < -0.4 is 0 Å². The fourth-order valence-corrected chi connectivity index (χ4v) is 2.65. The largest absolute Gasteiger partial charge is 0.294 e. The first-order chi connectivity index (χ1) is 8.36. The van der Waals surface area contributed by atoms with E-state index >= 15 is 0 Å². The lowest BCUT2D eigenvalue weighted by molar-refractivity contribution is 0.0969. The van der Waals surface area contributed by atoms with Gasteiger partial charge in [0.2, 0.25) is 0 Å². The molecule has 0 unspecified atom stereocenters. The molecule has 0 saturated carbocycles. The normalized spacial score (nSPS) is 18.8. The molecule has 1 heteroatoms. The number of carbonyl (C=O) groups is 1. The van der Waals surface area contributed by atoms with Crippen LogP contribution in [0.3, 0.4) is 0 Å². The molecular weight excluding hydrogens is 208 g/mol. The third-order valence-corrected chi connectivity index (χ3v) is 3.50. The van der Waals surface area contributed by atoms with E-state index in [0.29, 0.717) is 12.3 Å². The lowest BCUT2D eigenvalue weighted by Crippen LogP contribution is -2.16. The van der Waals surface area contributed by atoms with Crippen LogP contribution in [0.4, 0.5) is 0 Å². The van der Waals surface area contributed by atoms with Crippen LogP contribution in [0.25, 0.3) is 0 Å². The van der Waals surface area contributed by atoms with Crippen LogP contribution in [-0.2, 0) is 0 Å². The van der Waals surface area contributed by atoms with E-state index < -0.39 is 0 Å². The minimum absolute atomic E-state index is 0.285. The molecule has 2 aromatic carbocycles. The van der Waals surface area contributed by atoms with Crippen molar-refractivity contribution in [3.63, 3.8) is 0 Å². The number of Topliss-reactive ketones (excluding diaryl/α,β-unsaturated/α-hetero) is 1. The summed E-state index contributed by atoms with van der Waals surface area (Å²) in [5.41, 5.74) is 3.41. The van der Waals surface area contributed by atoms with Crippen LogP contribution >= 0.6 is 0 Å². The van der Waals surface area contributed by atoms with E-state index in [4.69, 9.17) is 0 Å². The molecule has 0 radical (unpaired) electrons. The molecule has 0 amide bonds. The topological polar surface area (TPSA) is 17.1 Å². The fraction of sp³-hybridized carbons (Fsp3) is 0.188. The van der Waals surface area contributed by atoms with E-state index in [1.807, 2.05) is 24.3 Å². The summed E-state index contributed by atoms with van der Waals surface area (Å²) in [5.74, 6) is 0.665. The van der Waals surface area contributed by atoms with Crippen molar-refractivity contribution < 1.29 is 4.79 Å². The number of hydrogen-bond donors (Lipinski definition) is 0. The van der Waals surface area contributed by atoms with Crippen molar-refractivity contribution in [2.75, 3.05) is 0 Å². The van der Waals surface area contributed by atoms with Crippen molar-refractivity contribution in [1.82, 2.24) is 0 Å². The minimum Gasteiger partial charge on any atom is -0.294 e. The highest BCUT2D eigenvalue weighted by Gasteiger charge is 2.25. The third kappa shape index (κ3) is 1.78. The lowest BCUT2D eigenvalue weighted by Gasteiger charge is -2.24. The Bertz CT molecular complexity index is 542. The molecule has 0 spiro atoms. The molecule has 2 aromatic rings. The maximum atomic E-state index is 11.9. The highest BCUT2D eigenvalue weighted by Crippen LogP contribution is 2.36. The SMILES string of the molecule is O=C1CC[C@@H](c2ccccc2)c2ccccc21. The van der Waals surface area contributed by atoms with Crippen molar-refractivity contribution in [1.29, 1.82) is 0 Å². The maximum Gasteiger partial charge on any atom is 0.163 e. The standard InChI is InChI=1S/C16H14O/c17-16-11-10-13(12-6-2-1-3-7-12)14-8-4-5-9-15(14)16/h1-9,13H,10-11H2/t13-/m0/s1. The van der Waals surface area contributed by atoms with Crippen molar-refractivity contribution in [2.24, 2.45) is 0 Å². The zero-order valence-corrected chi connectivity index (χ0v) is 9.60. The summed E-state index contributed by atoms with van der Waals surface area (Å²) in [4.78, 5) is 11.9. The number of rotatable bonds is 1. The van der Waals surface area contributed by atoms with Crippen LogP contribution in [0.15, 0.2) is 54.6 Å². The predicted molar refractivity (Wildman–Crippen MR) is 68.3 cm³/mol. The van der Waals surface area contributed by atoms with Crippen molar-refractivity contribution >= 4 is 5.78 Å². The van der Waals surface area contributed by atoms with Gasteiger partial charge in [-0.05, 0) is 17.5 Å². The van der Waals surface area contributed by atoms with Crippen molar-refractivity contribution in [3.8, 4) is 0 Å². The number of benzene rings is 2. The predicted octanol–water partition coefficient (Wildman–Crippen LogP) is 3.80. The van der Waals surface area contributed by atoms with Crippen LogP contribution in [-0.4, -0.2) is 5.78 Å². The molecule has 0 aliphatic heterocycles. The summed E-state index contributed by atoms with van der Waals surface area (Å²) in [7, 11) is 0. The molecule has 0 aromatic heterocycles. The van der Waals surface area contributed by atoms with Gasteiger partial charge in [0.15, 0.2) is 5.78 Å². The zero-order valence-electron chi connectivity index (χ0n) is 9.60. The van der Waals surface area contributed by atoms with Gasteiger partial charge in [0.05, 0.1) is 0 Å². The molecule has 84 valence electrons. The summed E-state index contributed by atoms with van der Waals surface area (Å²) in [6.45, 7) is 0. The van der Waals surface area contributed by atoms with Gasteiger partial charge in [-0.2, -0.15) is 0 Å². The van der Waals surface area contributed by atoms with Crippen LogP contribution in [0.1, 0.15) is 40.2 Å². The molecule has 1 aliphatic carbocycles. The Balaban J connectivity index is 2.10. The Labute approximate surface area is 101 Å². The molecule has 1 nitrogen and oxygen atoms in total. The van der Waals surface area contributed by atoms with Crippen molar-refractivity contribution in [3.05, 3.63) is 71.3 Å². The summed E-state index contributed by atoms with van der Waals surface area (Å²) in [6.07, 6.45) is 1.59. The van der Waals surface area contributed by atoms with Crippen molar-refractivity contribution in [2.45, 2.75) is 18.8 Å². The summed E-state index contributed by atoms with van der Waals surface area (Å²) in [5, 5.41) is 0. The van der Waals surface area contributed by atoms with Crippen LogP contribution in [0.2, 0.25) is 0 Å². The van der Waals surface area contributed by atoms with E-state index in [-0.39, 0.29) is 5.78 Å². The quantitative estimate of drug-likeness (QED) is 0.717. The average molecular weight is 222 g/mol. The Hall–Kier alpha value is -1.89. The van der Waals surface area contributed by atoms with Gasteiger partial charge in [-0.15, -0.1) is 0 Å². The van der Waals surface area contributed by atoms with E-state index in [2.05, 4.69) is 30.3 Å². The number of carbonyl (C=O) groups excluding carboxylic acids is 1. The second-order valence-electron chi connectivity index (χ2n) is 4.51. The zero-order chi connectivity index (χ0) is 11.7. The summed E-state index contributed by atoms with van der Waals surface area (Å²) < 4.78 is 0. The first-order valence-electron chi connectivity index (χ1n) is 6.03. The molecule has 1 atom stereocenters. The van der Waals surface area contributed by atoms with Crippen LogP contribution in [0, 0.1) is 0 Å². The van der Waals surface area contributed by atoms with Gasteiger partial charge in [-0.1, -0.05) is 54.6 Å². The van der Waals surface area contributed by atoms with Gasteiger partial charge >= 0.3 is 0 Å². The smallest absolute Gasteiger partial charge is 0.163 e. The monoisotopic (exact) mass is 222 g/mol. The third-order valence-electron chi connectivity index (χ3n) is 3.50. The molecule has 0 heterocycles. The molecule has 0 bridgehead atoms. The van der Waals surface area contributed by atoms with E-state index in [1.54, 1.807) is 0 Å². The maximum absolute atomic E-state index is 11.9. The first kappa shape index (κ1) is 10.3. The summed E-state index contributed by atoms with van der Waals surface area (Å²) >= 11 is 0. The van der Waals surface area contributed by atoms with Gasteiger partial charge in [0, 0.05) is 17.9 Å². The molecule has 3 rings (SSSR count). The van der Waals surface area contributed by atoms with E-state index in [0.717, 1.165) is 12.0 Å². The minimum atomic E-state index is 0.285. The number of ketones is 1.